The third kappa shape index (κ3) is 3.30. The lowest BCUT2D eigenvalue weighted by molar-refractivity contribution is -0.222. The van der Waals surface area contributed by atoms with Gasteiger partial charge in [-0.2, -0.15) is 0 Å². The van der Waals surface area contributed by atoms with Crippen molar-refractivity contribution in [3.8, 4) is 0 Å². The lowest BCUT2D eigenvalue weighted by atomic mass is 10.1. The highest BCUT2D eigenvalue weighted by molar-refractivity contribution is 14.1. The van der Waals surface area contributed by atoms with Gasteiger partial charge in [0.25, 0.3) is 5.79 Å². The first-order chi connectivity index (χ1) is 9.19. The van der Waals surface area contributed by atoms with Gasteiger partial charge in [-0.25, -0.2) is 14.0 Å². The van der Waals surface area contributed by atoms with Gasteiger partial charge >= 0.3 is 11.9 Å². The molecular formula is C13H9FI2O4. The van der Waals surface area contributed by atoms with Crippen molar-refractivity contribution < 1.29 is 23.5 Å². The molecule has 1 aromatic carbocycles. The number of rotatable bonds is 1. The Morgan fingerprint density at radius 2 is 1.55 bits per heavy atom. The summed E-state index contributed by atoms with van der Waals surface area (Å²) in [6.07, 6.45) is 1.34. The standard InChI is InChI=1S/C13H9FI2O4/c1-13(2)19-11(17)7(12(18)20-13)3-6-4-8(15)10(14)9(16)5-6/h3-5H,1-2H3. The molecule has 1 heterocycles. The lowest BCUT2D eigenvalue weighted by Gasteiger charge is -2.29. The molecule has 1 saturated heterocycles. The number of benzene rings is 1. The van der Waals surface area contributed by atoms with Crippen molar-refractivity contribution in [2.75, 3.05) is 0 Å². The van der Waals surface area contributed by atoms with E-state index in [2.05, 4.69) is 0 Å². The number of carbonyl (C=O) groups excluding carboxylic acids is 2. The topological polar surface area (TPSA) is 52.6 Å². The first-order valence-electron chi connectivity index (χ1n) is 5.52. The molecule has 1 aliphatic heterocycles. The number of carbonyl (C=O) groups is 2. The highest BCUT2D eigenvalue weighted by Gasteiger charge is 2.38. The summed E-state index contributed by atoms with van der Waals surface area (Å²) in [5.41, 5.74) is 0.325. The van der Waals surface area contributed by atoms with E-state index in [0.29, 0.717) is 12.7 Å². The minimum absolute atomic E-state index is 0.206. The zero-order valence-corrected chi connectivity index (χ0v) is 14.8. The first kappa shape index (κ1) is 15.7. The summed E-state index contributed by atoms with van der Waals surface area (Å²) in [4.78, 5) is 23.6. The lowest BCUT2D eigenvalue weighted by Crippen LogP contribution is -2.41. The molecule has 4 nitrogen and oxygen atoms in total. The third-order valence-electron chi connectivity index (χ3n) is 2.43. The Labute approximate surface area is 142 Å². The molecule has 0 aliphatic carbocycles. The van der Waals surface area contributed by atoms with Crippen LogP contribution in [0, 0.1) is 13.0 Å². The van der Waals surface area contributed by atoms with Gasteiger partial charge in [0.05, 0.1) is 7.14 Å². The fourth-order valence-corrected chi connectivity index (χ4v) is 3.42. The number of cyclic esters (lactones) is 2. The molecule has 0 bridgehead atoms. The molecule has 0 aromatic heterocycles. The molecule has 1 fully saturated rings. The summed E-state index contributed by atoms with van der Waals surface area (Å²) in [6, 6.07) is 3.07. The second-order valence-corrected chi connectivity index (χ2v) is 6.86. The molecule has 0 spiro atoms. The van der Waals surface area contributed by atoms with Gasteiger partial charge in [-0.3, -0.25) is 0 Å². The van der Waals surface area contributed by atoms with E-state index in [0.717, 1.165) is 0 Å². The Morgan fingerprint density at radius 3 is 2.00 bits per heavy atom. The van der Waals surface area contributed by atoms with Crippen molar-refractivity contribution in [1.82, 2.24) is 0 Å². The third-order valence-corrected chi connectivity index (χ3v) is 4.00. The molecule has 2 rings (SSSR count). The Kier molecular flexibility index (Phi) is 4.38. The van der Waals surface area contributed by atoms with Crippen molar-refractivity contribution in [2.45, 2.75) is 19.6 Å². The molecule has 1 aliphatic rings. The fourth-order valence-electron chi connectivity index (χ4n) is 1.60. The van der Waals surface area contributed by atoms with E-state index in [9.17, 15) is 14.0 Å². The monoisotopic (exact) mass is 502 g/mol. The van der Waals surface area contributed by atoms with Crippen LogP contribution in [-0.4, -0.2) is 17.7 Å². The molecule has 0 radical (unpaired) electrons. The van der Waals surface area contributed by atoms with Crippen LogP contribution in [0.25, 0.3) is 6.08 Å². The quantitative estimate of drug-likeness (QED) is 0.195. The molecule has 20 heavy (non-hydrogen) atoms. The maximum absolute atomic E-state index is 13.5. The van der Waals surface area contributed by atoms with E-state index in [1.165, 1.54) is 32.1 Å². The van der Waals surface area contributed by atoms with Crippen molar-refractivity contribution >= 4 is 63.2 Å². The molecule has 0 amide bonds. The molecule has 7 heteroatoms. The first-order valence-corrected chi connectivity index (χ1v) is 7.68. The second kappa shape index (κ2) is 5.58. The predicted octanol–water partition coefficient (Wildman–Crippen LogP) is 3.25. The molecule has 1 aromatic rings. The second-order valence-electron chi connectivity index (χ2n) is 4.54. The minimum Gasteiger partial charge on any atom is -0.419 e. The van der Waals surface area contributed by atoms with Gasteiger partial charge in [-0.1, -0.05) is 0 Å². The Bertz CT molecular complexity index is 592. The van der Waals surface area contributed by atoms with Gasteiger partial charge < -0.3 is 9.47 Å². The number of esters is 2. The fraction of sp³-hybridized carbons (Fsp3) is 0.231. The van der Waals surface area contributed by atoms with E-state index >= 15 is 0 Å². The van der Waals surface area contributed by atoms with Crippen LogP contribution in [0.5, 0.6) is 0 Å². The van der Waals surface area contributed by atoms with Crippen LogP contribution in [0.15, 0.2) is 17.7 Å². The van der Waals surface area contributed by atoms with Crippen LogP contribution in [0.4, 0.5) is 4.39 Å². The van der Waals surface area contributed by atoms with Gasteiger partial charge in [-0.05, 0) is 69.0 Å². The van der Waals surface area contributed by atoms with Crippen molar-refractivity contribution in [2.24, 2.45) is 0 Å². The minimum atomic E-state index is -1.27. The number of halogens is 3. The van der Waals surface area contributed by atoms with Crippen molar-refractivity contribution in [3.63, 3.8) is 0 Å². The number of ether oxygens (including phenoxy) is 2. The van der Waals surface area contributed by atoms with Crippen LogP contribution in [0.2, 0.25) is 0 Å². The molecule has 0 N–H and O–H groups in total. The van der Waals surface area contributed by atoms with Gasteiger partial charge in [0.1, 0.15) is 11.4 Å². The molecule has 0 atom stereocenters. The smallest absolute Gasteiger partial charge is 0.348 e. The zero-order valence-electron chi connectivity index (χ0n) is 10.5. The molecule has 0 saturated carbocycles. The van der Waals surface area contributed by atoms with E-state index in [4.69, 9.17) is 9.47 Å². The van der Waals surface area contributed by atoms with Crippen LogP contribution in [0.3, 0.4) is 0 Å². The van der Waals surface area contributed by atoms with Gasteiger partial charge in [0.15, 0.2) is 0 Å². The molecule has 0 unspecified atom stereocenters. The Hall–Kier alpha value is -0.710. The maximum Gasteiger partial charge on any atom is 0.348 e. The summed E-state index contributed by atoms with van der Waals surface area (Å²) in [5.74, 6) is -3.10. The number of hydrogen-bond donors (Lipinski definition) is 0. The normalized spacial score (nSPS) is 17.6. The summed E-state index contributed by atoms with van der Waals surface area (Å²) in [7, 11) is 0. The van der Waals surface area contributed by atoms with E-state index in [-0.39, 0.29) is 11.4 Å². The highest BCUT2D eigenvalue weighted by atomic mass is 127. The summed E-state index contributed by atoms with van der Waals surface area (Å²) in [6.45, 7) is 2.95. The highest BCUT2D eigenvalue weighted by Crippen LogP contribution is 2.26. The zero-order chi connectivity index (χ0) is 15.1. The molecule has 106 valence electrons. The van der Waals surface area contributed by atoms with E-state index in [1.807, 2.05) is 45.2 Å². The van der Waals surface area contributed by atoms with E-state index in [1.54, 1.807) is 0 Å². The summed E-state index contributed by atoms with van der Waals surface area (Å²) in [5, 5.41) is 0. The van der Waals surface area contributed by atoms with Gasteiger partial charge in [-0.15, -0.1) is 0 Å². The van der Waals surface area contributed by atoms with Crippen molar-refractivity contribution in [3.05, 3.63) is 36.2 Å². The Balaban J connectivity index is 2.41. The van der Waals surface area contributed by atoms with Gasteiger partial charge in [0, 0.05) is 13.8 Å². The Morgan fingerprint density at radius 1 is 1.10 bits per heavy atom. The average molecular weight is 502 g/mol. The van der Waals surface area contributed by atoms with Crippen LogP contribution in [0.1, 0.15) is 19.4 Å². The summed E-state index contributed by atoms with van der Waals surface area (Å²) < 4.78 is 24.3. The molecular weight excluding hydrogens is 493 g/mol. The van der Waals surface area contributed by atoms with E-state index < -0.39 is 17.7 Å². The van der Waals surface area contributed by atoms with Crippen molar-refractivity contribution in [1.29, 1.82) is 0 Å². The largest absolute Gasteiger partial charge is 0.419 e. The number of hydrogen-bond acceptors (Lipinski definition) is 4. The van der Waals surface area contributed by atoms with Crippen LogP contribution in [-0.2, 0) is 19.1 Å². The predicted molar refractivity (Wildman–Crippen MR) is 86.1 cm³/mol. The average Bonchev–Trinajstić information content (AvgIpc) is 2.29. The summed E-state index contributed by atoms with van der Waals surface area (Å²) >= 11 is 3.69. The van der Waals surface area contributed by atoms with Gasteiger partial charge in [0.2, 0.25) is 0 Å². The van der Waals surface area contributed by atoms with Crippen LogP contribution < -0.4 is 0 Å². The SMILES string of the molecule is CC1(C)OC(=O)C(=Cc2cc(I)c(F)c(I)c2)C(=O)O1. The maximum atomic E-state index is 13.5. The van der Waals surface area contributed by atoms with Crippen LogP contribution >= 0.6 is 45.2 Å².